The highest BCUT2D eigenvalue weighted by Crippen LogP contribution is 2.32. The summed E-state index contributed by atoms with van der Waals surface area (Å²) in [6.07, 6.45) is 3.23. The third-order valence-corrected chi connectivity index (χ3v) is 5.01. The van der Waals surface area contributed by atoms with Gasteiger partial charge in [-0.05, 0) is 36.3 Å². The van der Waals surface area contributed by atoms with Crippen LogP contribution in [0.2, 0.25) is 0 Å². The minimum atomic E-state index is -0.225. The third kappa shape index (κ3) is 3.19. The molecule has 5 nitrogen and oxygen atoms in total. The normalized spacial score (nSPS) is 14.0. The Hall–Kier alpha value is -3.12. The van der Waals surface area contributed by atoms with Crippen molar-refractivity contribution >= 4 is 29.3 Å². The van der Waals surface area contributed by atoms with Crippen molar-refractivity contribution in [1.82, 2.24) is 4.98 Å². The van der Waals surface area contributed by atoms with E-state index in [1.165, 1.54) is 17.4 Å². The molecule has 2 heterocycles. The van der Waals surface area contributed by atoms with E-state index in [1.807, 2.05) is 43.3 Å². The van der Waals surface area contributed by atoms with Gasteiger partial charge in [0.2, 0.25) is 6.79 Å². The number of fused-ring (bicyclic) bond motifs is 1. The molecule has 0 saturated heterocycles. The summed E-state index contributed by atoms with van der Waals surface area (Å²) in [5, 5.41) is 0. The second kappa shape index (κ2) is 6.65. The second-order valence-corrected chi connectivity index (χ2v) is 6.95. The lowest BCUT2D eigenvalue weighted by atomic mass is 10.1. The number of aromatic amines is 1. The van der Waals surface area contributed by atoms with Crippen LogP contribution in [0.1, 0.15) is 21.5 Å². The molecule has 26 heavy (non-hydrogen) atoms. The van der Waals surface area contributed by atoms with Crippen LogP contribution in [0.15, 0.2) is 47.3 Å². The largest absolute Gasteiger partial charge is 0.454 e. The minimum absolute atomic E-state index is 0.129. The van der Waals surface area contributed by atoms with Crippen molar-refractivity contribution in [2.45, 2.75) is 6.92 Å². The summed E-state index contributed by atoms with van der Waals surface area (Å²) in [5.41, 5.74) is 2.14. The number of Topliss-reactive ketones (excluding diaryl/α,β-unsaturated/α-hetero) is 1. The first kappa shape index (κ1) is 16.4. The van der Waals surface area contributed by atoms with E-state index < -0.39 is 0 Å². The van der Waals surface area contributed by atoms with Crippen LogP contribution < -0.4 is 24.2 Å². The summed E-state index contributed by atoms with van der Waals surface area (Å²) in [6, 6.07) is 12.9. The van der Waals surface area contributed by atoms with Crippen LogP contribution in [0.4, 0.5) is 0 Å². The molecule has 6 heteroatoms. The number of nitrogens with one attached hydrogen (secondary N) is 1. The number of rotatable bonds is 3. The fourth-order valence-corrected chi connectivity index (χ4v) is 3.61. The maximum Gasteiger partial charge on any atom is 0.266 e. The Morgan fingerprint density at radius 3 is 2.81 bits per heavy atom. The summed E-state index contributed by atoms with van der Waals surface area (Å²) in [4.78, 5) is 27.4. The molecule has 0 aliphatic carbocycles. The number of ketones is 1. The fourth-order valence-electron chi connectivity index (χ4n) is 2.72. The molecule has 0 atom stereocenters. The smallest absolute Gasteiger partial charge is 0.266 e. The van der Waals surface area contributed by atoms with Gasteiger partial charge < -0.3 is 14.5 Å². The van der Waals surface area contributed by atoms with Gasteiger partial charge in [0.1, 0.15) is 0 Å². The summed E-state index contributed by atoms with van der Waals surface area (Å²) in [5.74, 6) is 1.23. The van der Waals surface area contributed by atoms with Crippen LogP contribution in [-0.4, -0.2) is 17.6 Å². The maximum absolute atomic E-state index is 12.4. The first-order chi connectivity index (χ1) is 12.6. The van der Waals surface area contributed by atoms with Gasteiger partial charge in [0.05, 0.1) is 9.20 Å². The Balaban J connectivity index is 1.71. The number of carbonyl (C=O) groups is 1. The Morgan fingerprint density at radius 1 is 1.15 bits per heavy atom. The Kier molecular flexibility index (Phi) is 4.18. The van der Waals surface area contributed by atoms with E-state index in [0.717, 1.165) is 11.1 Å². The monoisotopic (exact) mass is 365 g/mol. The van der Waals surface area contributed by atoms with Crippen molar-refractivity contribution in [3.05, 3.63) is 78.7 Å². The molecule has 2 aromatic carbocycles. The molecule has 1 aliphatic heterocycles. The summed E-state index contributed by atoms with van der Waals surface area (Å²) in [7, 11) is 0. The molecule has 130 valence electrons. The van der Waals surface area contributed by atoms with Gasteiger partial charge in [-0.25, -0.2) is 0 Å². The Morgan fingerprint density at radius 2 is 1.96 bits per heavy atom. The van der Waals surface area contributed by atoms with E-state index in [4.69, 9.17) is 9.47 Å². The maximum atomic E-state index is 12.4. The SMILES string of the molecule is Cc1ccccc1C(=O)/C=c1\[nH]c(=O)/c(=C\c2ccc3c(c2)OCO3)s1. The van der Waals surface area contributed by atoms with Crippen molar-refractivity contribution in [3.8, 4) is 11.5 Å². The highest BCUT2D eigenvalue weighted by molar-refractivity contribution is 7.07. The van der Waals surface area contributed by atoms with Crippen LogP contribution in [-0.2, 0) is 0 Å². The standard InChI is InChI=1S/C20H15NO4S/c1-12-4-2-3-5-14(12)15(22)10-19-21-20(23)18(26-19)9-13-6-7-16-17(8-13)25-11-24-16/h2-10H,11H2,1H3,(H,21,23)/b18-9+,19-10+. The Bertz CT molecular complexity index is 1170. The van der Waals surface area contributed by atoms with Crippen LogP contribution in [0.5, 0.6) is 11.5 Å². The molecule has 0 radical (unpaired) electrons. The van der Waals surface area contributed by atoms with Crippen molar-refractivity contribution in [3.63, 3.8) is 0 Å². The average molecular weight is 365 g/mol. The topological polar surface area (TPSA) is 68.4 Å². The molecule has 4 rings (SSSR count). The van der Waals surface area contributed by atoms with Gasteiger partial charge >= 0.3 is 0 Å². The van der Waals surface area contributed by atoms with E-state index in [2.05, 4.69) is 4.98 Å². The summed E-state index contributed by atoms with van der Waals surface area (Å²) < 4.78 is 11.7. The second-order valence-electron chi connectivity index (χ2n) is 5.87. The van der Waals surface area contributed by atoms with Crippen molar-refractivity contribution in [2.24, 2.45) is 0 Å². The van der Waals surface area contributed by atoms with Gasteiger partial charge in [0, 0.05) is 11.6 Å². The molecule has 0 bridgehead atoms. The van der Waals surface area contributed by atoms with Gasteiger partial charge in [-0.2, -0.15) is 0 Å². The van der Waals surface area contributed by atoms with E-state index in [1.54, 1.807) is 12.1 Å². The predicted octanol–water partition coefficient (Wildman–Crippen LogP) is 1.97. The van der Waals surface area contributed by atoms with E-state index in [-0.39, 0.29) is 18.1 Å². The van der Waals surface area contributed by atoms with Gasteiger partial charge in [0.25, 0.3) is 5.56 Å². The zero-order valence-corrected chi connectivity index (χ0v) is 14.8. The van der Waals surface area contributed by atoms with Gasteiger partial charge in [0.15, 0.2) is 17.3 Å². The van der Waals surface area contributed by atoms with Crippen LogP contribution in [0, 0.1) is 6.92 Å². The molecule has 0 saturated carbocycles. The number of aromatic nitrogens is 1. The molecular formula is C20H15NO4S. The number of hydrogen-bond donors (Lipinski definition) is 1. The van der Waals surface area contributed by atoms with Crippen molar-refractivity contribution in [1.29, 1.82) is 0 Å². The fraction of sp³-hybridized carbons (Fsp3) is 0.100. The van der Waals surface area contributed by atoms with Gasteiger partial charge in [-0.3, -0.25) is 9.59 Å². The number of benzene rings is 2. The predicted molar refractivity (Wildman–Crippen MR) is 100 cm³/mol. The average Bonchev–Trinajstić information content (AvgIpc) is 3.21. The Labute approximate surface area is 152 Å². The molecule has 1 aromatic heterocycles. The lowest BCUT2D eigenvalue weighted by Crippen LogP contribution is -2.20. The van der Waals surface area contributed by atoms with E-state index in [9.17, 15) is 9.59 Å². The molecule has 0 unspecified atom stereocenters. The van der Waals surface area contributed by atoms with Crippen molar-refractivity contribution < 1.29 is 14.3 Å². The third-order valence-electron chi connectivity index (χ3n) is 4.05. The zero-order chi connectivity index (χ0) is 18.1. The van der Waals surface area contributed by atoms with Crippen molar-refractivity contribution in [2.75, 3.05) is 6.79 Å². The quantitative estimate of drug-likeness (QED) is 0.721. The molecular weight excluding hydrogens is 350 g/mol. The summed E-state index contributed by atoms with van der Waals surface area (Å²) >= 11 is 1.24. The zero-order valence-electron chi connectivity index (χ0n) is 13.9. The molecule has 1 N–H and O–H groups in total. The number of carbonyl (C=O) groups excluding carboxylic acids is 1. The minimum Gasteiger partial charge on any atom is -0.454 e. The molecule has 0 fully saturated rings. The lowest BCUT2D eigenvalue weighted by molar-refractivity contribution is 0.106. The summed E-state index contributed by atoms with van der Waals surface area (Å²) in [6.45, 7) is 2.09. The van der Waals surface area contributed by atoms with Gasteiger partial charge in [-0.1, -0.05) is 30.3 Å². The number of aryl methyl sites for hydroxylation is 1. The number of H-pyrrole nitrogens is 1. The van der Waals surface area contributed by atoms with Crippen LogP contribution >= 0.6 is 11.3 Å². The van der Waals surface area contributed by atoms with Crippen LogP contribution in [0.25, 0.3) is 12.2 Å². The highest BCUT2D eigenvalue weighted by atomic mass is 32.1. The van der Waals surface area contributed by atoms with Crippen LogP contribution in [0.3, 0.4) is 0 Å². The molecule has 1 aliphatic rings. The number of thiazole rings is 1. The van der Waals surface area contributed by atoms with E-state index in [0.29, 0.717) is 26.3 Å². The molecule has 0 spiro atoms. The molecule has 0 amide bonds. The number of hydrogen-bond acceptors (Lipinski definition) is 5. The van der Waals surface area contributed by atoms with Gasteiger partial charge in [-0.15, -0.1) is 11.3 Å². The molecule has 3 aromatic rings. The lowest BCUT2D eigenvalue weighted by Gasteiger charge is -1.99. The first-order valence-corrected chi connectivity index (χ1v) is 8.84. The highest BCUT2D eigenvalue weighted by Gasteiger charge is 2.12. The number of ether oxygens (including phenoxy) is 2. The van der Waals surface area contributed by atoms with E-state index >= 15 is 0 Å². The first-order valence-electron chi connectivity index (χ1n) is 8.02.